The average molecular weight is 514 g/mol. The molecule has 0 saturated heterocycles. The third-order valence-corrected chi connectivity index (χ3v) is 4.79. The summed E-state index contributed by atoms with van der Waals surface area (Å²) in [6.07, 6.45) is 4.02. The van der Waals surface area contributed by atoms with Gasteiger partial charge in [0.25, 0.3) is 11.9 Å². The predicted octanol–water partition coefficient (Wildman–Crippen LogP) is 4.43. The van der Waals surface area contributed by atoms with Crippen LogP contribution < -0.4 is 0 Å². The van der Waals surface area contributed by atoms with Crippen LogP contribution in [0.15, 0.2) is 60.9 Å². The molecule has 0 fully saturated rings. The summed E-state index contributed by atoms with van der Waals surface area (Å²) >= 11 is 0. The zero-order chi connectivity index (χ0) is 21.7. The van der Waals surface area contributed by atoms with Gasteiger partial charge in [0, 0.05) is 56.6 Å². The van der Waals surface area contributed by atoms with Crippen LogP contribution >= 0.6 is 0 Å². The summed E-state index contributed by atoms with van der Waals surface area (Å²) in [5.41, 5.74) is 18.4. The Morgan fingerprint density at radius 3 is 1.45 bits per heavy atom. The summed E-state index contributed by atoms with van der Waals surface area (Å²) in [4.78, 5) is 27.2. The van der Waals surface area contributed by atoms with Crippen molar-refractivity contribution < 1.29 is 42.2 Å². The number of aromatic amines is 2. The summed E-state index contributed by atoms with van der Waals surface area (Å²) in [6, 6.07) is 13.2. The second-order valence-corrected chi connectivity index (χ2v) is 6.91. The van der Waals surface area contributed by atoms with Crippen molar-refractivity contribution in [3.8, 4) is 0 Å². The first kappa shape index (κ1) is 24.4. The first-order valence-electron chi connectivity index (χ1n) is 9.34. The van der Waals surface area contributed by atoms with E-state index >= 15 is 0 Å². The number of aliphatic carboxylic acids is 2. The molecule has 0 unspecified atom stereocenters. The van der Waals surface area contributed by atoms with E-state index in [0.29, 0.717) is 0 Å². The summed E-state index contributed by atoms with van der Waals surface area (Å²) in [6.45, 7) is 0. The van der Waals surface area contributed by atoms with Crippen molar-refractivity contribution in [2.24, 2.45) is 0 Å². The van der Waals surface area contributed by atoms with Gasteiger partial charge in [-0.2, -0.15) is 0 Å². The minimum atomic E-state index is -1.09. The molecule has 0 aliphatic rings. The molecule has 167 valence electrons. The van der Waals surface area contributed by atoms with Crippen LogP contribution in [0.5, 0.6) is 0 Å². The van der Waals surface area contributed by atoms with Gasteiger partial charge in [-0.25, -0.2) is 0 Å². The van der Waals surface area contributed by atoms with Crippen LogP contribution in [0.4, 0.5) is 0 Å². The zero-order valence-electron chi connectivity index (χ0n) is 16.4. The Hall–Kier alpha value is -2.88. The molecule has 0 aliphatic heterocycles. The van der Waals surface area contributed by atoms with Crippen molar-refractivity contribution in [2.75, 3.05) is 0 Å². The van der Waals surface area contributed by atoms with E-state index in [-0.39, 0.29) is 35.2 Å². The van der Waals surface area contributed by atoms with Crippen molar-refractivity contribution in [1.82, 2.24) is 9.97 Å². The van der Waals surface area contributed by atoms with Gasteiger partial charge < -0.3 is 31.6 Å². The number of carboxylic acids is 2. The topological polar surface area (TPSA) is 154 Å². The Morgan fingerprint density at radius 1 is 0.742 bits per heavy atom. The Labute approximate surface area is 194 Å². The number of nitrogens with one attached hydrogen (secondary N) is 4. The van der Waals surface area contributed by atoms with Crippen LogP contribution in [0.25, 0.3) is 33.3 Å². The Kier molecular flexibility index (Phi) is 8.61. The van der Waals surface area contributed by atoms with Crippen LogP contribution in [0, 0.1) is 0 Å². The van der Waals surface area contributed by atoms with E-state index in [0.717, 1.165) is 32.9 Å². The minimum Gasteiger partial charge on any atom is -0.665 e. The van der Waals surface area contributed by atoms with E-state index in [1.54, 1.807) is 12.4 Å². The molecule has 9 heteroatoms. The number of hydrogen-bond donors (Lipinski definition) is 4. The fraction of sp³-hybridized carbons (Fsp3) is 0.182. The summed E-state index contributed by atoms with van der Waals surface area (Å²) in [5.74, 6) is -2.17. The molecule has 0 saturated carbocycles. The number of carboxylic acid groups (broad SMARTS) is 2. The molecular weight excluding hydrogens is 492 g/mol. The van der Waals surface area contributed by atoms with Gasteiger partial charge >= 0.3 is 0 Å². The number of hydrogen-bond acceptors (Lipinski definition) is 2. The Morgan fingerprint density at radius 2 is 1.10 bits per heavy atom. The molecule has 1 radical (unpaired) electrons. The Balaban J connectivity index is 0.000000213. The van der Waals surface area contributed by atoms with Crippen LogP contribution in [0.1, 0.15) is 11.1 Å². The first-order valence-corrected chi connectivity index (χ1v) is 9.34. The number of H-pyrrole nitrogens is 2. The fourth-order valence-electron chi connectivity index (χ4n) is 3.22. The van der Waals surface area contributed by atoms with E-state index in [9.17, 15) is 9.59 Å². The molecule has 6 N–H and O–H groups in total. The number of fused-ring (bicyclic) bond motifs is 2. The van der Waals surface area contributed by atoms with Crippen LogP contribution in [-0.4, -0.2) is 44.2 Å². The molecule has 4 rings (SSSR count). The predicted molar refractivity (Wildman–Crippen MR) is 115 cm³/mol. The van der Waals surface area contributed by atoms with Crippen molar-refractivity contribution in [1.29, 1.82) is 0 Å². The smallest absolute Gasteiger partial charge is 0.285 e. The summed E-state index contributed by atoms with van der Waals surface area (Å²) < 4.78 is 0. The molecule has 2 aromatic carbocycles. The molecule has 0 amide bonds. The van der Waals surface area contributed by atoms with Gasteiger partial charge in [-0.05, 0) is 48.2 Å². The largest absolute Gasteiger partial charge is 0.665 e. The summed E-state index contributed by atoms with van der Waals surface area (Å²) in [5, 5.41) is 19.3. The van der Waals surface area contributed by atoms with E-state index < -0.39 is 24.0 Å². The van der Waals surface area contributed by atoms with Crippen LogP contribution in [-0.2, 0) is 44.8 Å². The molecule has 4 aromatic rings. The molecule has 8 nitrogen and oxygen atoms in total. The molecular formula is C22H22AgN4O4-2. The van der Waals surface area contributed by atoms with E-state index in [1.807, 2.05) is 48.5 Å². The van der Waals surface area contributed by atoms with Gasteiger partial charge in [-0.3, -0.25) is 9.59 Å². The van der Waals surface area contributed by atoms with Gasteiger partial charge in [0.05, 0.1) is 0 Å². The molecule has 0 bridgehead atoms. The maximum Gasteiger partial charge on any atom is 0.285 e. The van der Waals surface area contributed by atoms with E-state index in [1.165, 1.54) is 0 Å². The molecule has 2 heterocycles. The zero-order valence-corrected chi connectivity index (χ0v) is 17.8. The third-order valence-electron chi connectivity index (χ3n) is 4.79. The average Bonchev–Trinajstić information content (AvgIpc) is 3.33. The van der Waals surface area contributed by atoms with Gasteiger partial charge in [-0.1, -0.05) is 36.4 Å². The second kappa shape index (κ2) is 10.9. The van der Waals surface area contributed by atoms with Crippen molar-refractivity contribution in [2.45, 2.75) is 24.9 Å². The SMILES string of the molecule is [Ag].[NH-][C@@H](Cc1c[nH]c2ccccc12)C(=O)O.[NH-][C@@H](Cc1c[nH]c2ccccc12)C(=O)O. The summed E-state index contributed by atoms with van der Waals surface area (Å²) in [7, 11) is 0. The van der Waals surface area contributed by atoms with E-state index in [4.69, 9.17) is 21.7 Å². The van der Waals surface area contributed by atoms with Crippen molar-refractivity contribution in [3.05, 3.63) is 83.5 Å². The van der Waals surface area contributed by atoms with Gasteiger partial charge in [-0.15, -0.1) is 0 Å². The minimum absolute atomic E-state index is 0. The van der Waals surface area contributed by atoms with Gasteiger partial charge in [0.2, 0.25) is 0 Å². The van der Waals surface area contributed by atoms with Crippen molar-refractivity contribution in [3.63, 3.8) is 0 Å². The maximum atomic E-state index is 10.6. The monoisotopic (exact) mass is 513 g/mol. The fourth-order valence-corrected chi connectivity index (χ4v) is 3.22. The maximum absolute atomic E-state index is 10.6. The van der Waals surface area contributed by atoms with Crippen molar-refractivity contribution >= 4 is 33.7 Å². The number of para-hydroxylation sites is 2. The normalized spacial score (nSPS) is 12.5. The Bertz CT molecular complexity index is 1080. The second-order valence-electron chi connectivity index (χ2n) is 6.91. The standard InChI is InChI=1S/2C11H11N2O2.Ag/c2*12-9(11(14)15)5-7-6-13-10-4-2-1-3-8(7)10;/h2*1-4,6,9,12-13H,5H2,(H,14,15);/q2*-1;/t2*9-;/m00./s1. The van der Waals surface area contributed by atoms with Gasteiger partial charge in [0.15, 0.2) is 0 Å². The number of benzene rings is 2. The molecule has 2 aromatic heterocycles. The van der Waals surface area contributed by atoms with E-state index in [2.05, 4.69) is 9.97 Å². The molecule has 0 aliphatic carbocycles. The van der Waals surface area contributed by atoms with Crippen LogP contribution in [0.3, 0.4) is 0 Å². The molecule has 2 atom stereocenters. The third kappa shape index (κ3) is 6.06. The van der Waals surface area contributed by atoms with Gasteiger partial charge in [0.1, 0.15) is 0 Å². The number of rotatable bonds is 6. The quantitative estimate of drug-likeness (QED) is 0.281. The first-order chi connectivity index (χ1) is 14.4. The van der Waals surface area contributed by atoms with Crippen LogP contribution in [0.2, 0.25) is 0 Å². The molecule has 0 spiro atoms. The number of aromatic nitrogens is 2. The number of carbonyl (C=O) groups is 2. The molecule has 31 heavy (non-hydrogen) atoms.